The minimum Gasteiger partial charge on any atom is -0.461 e. The van der Waals surface area contributed by atoms with Crippen LogP contribution in [0.25, 0.3) is 0 Å². The number of fused-ring (bicyclic) bond motifs is 3. The topological polar surface area (TPSA) is 108 Å². The van der Waals surface area contributed by atoms with Crippen molar-refractivity contribution in [3.8, 4) is 0 Å². The third-order valence-electron chi connectivity index (χ3n) is 6.35. The van der Waals surface area contributed by atoms with E-state index in [1.54, 1.807) is 26.0 Å². The molecule has 0 amide bonds. The Hall–Kier alpha value is -2.74. The second kappa shape index (κ2) is 9.02. The maximum absolute atomic E-state index is 12.6. The second-order valence-electron chi connectivity index (χ2n) is 8.89. The van der Waals surface area contributed by atoms with E-state index in [4.69, 9.17) is 18.9 Å². The molecule has 8 nitrogen and oxygen atoms in total. The lowest BCUT2D eigenvalue weighted by molar-refractivity contribution is -0.151. The van der Waals surface area contributed by atoms with Crippen LogP contribution in [0.2, 0.25) is 0 Å². The number of hydrogen-bond donors (Lipinski definition) is 0. The van der Waals surface area contributed by atoms with Gasteiger partial charge in [-0.05, 0) is 26.3 Å². The Bertz CT molecular complexity index is 913. The molecule has 0 N–H and O–H groups in total. The highest BCUT2D eigenvalue weighted by atomic mass is 16.7. The maximum atomic E-state index is 12.6. The summed E-state index contributed by atoms with van der Waals surface area (Å²) in [5, 5.41) is 0. The largest absolute Gasteiger partial charge is 0.461 e. The van der Waals surface area contributed by atoms with Crippen molar-refractivity contribution >= 4 is 23.7 Å². The van der Waals surface area contributed by atoms with Gasteiger partial charge in [0.1, 0.15) is 30.0 Å². The molecule has 1 aliphatic carbocycles. The lowest BCUT2D eigenvalue weighted by Crippen LogP contribution is -2.41. The second-order valence-corrected chi connectivity index (χ2v) is 8.89. The lowest BCUT2D eigenvalue weighted by Gasteiger charge is -2.28. The highest BCUT2D eigenvalue weighted by Crippen LogP contribution is 2.50. The first-order valence-electron chi connectivity index (χ1n) is 10.7. The zero-order valence-corrected chi connectivity index (χ0v) is 19.1. The summed E-state index contributed by atoms with van der Waals surface area (Å²) in [4.78, 5) is 48.6. The minimum absolute atomic E-state index is 0.0629. The molecule has 2 aliphatic heterocycles. The first-order chi connectivity index (χ1) is 14.9. The van der Waals surface area contributed by atoms with Crippen LogP contribution in [0.15, 0.2) is 35.5 Å². The first-order valence-corrected chi connectivity index (χ1v) is 10.7. The number of epoxide rings is 1. The predicted octanol–water partition coefficient (Wildman–Crippen LogP) is 2.75. The molecular weight excluding hydrogens is 416 g/mol. The zero-order chi connectivity index (χ0) is 23.8. The number of esters is 3. The Balaban J connectivity index is 2.04. The van der Waals surface area contributed by atoms with Crippen LogP contribution in [0, 0.1) is 5.92 Å². The van der Waals surface area contributed by atoms with Crippen molar-refractivity contribution in [1.29, 1.82) is 0 Å². The van der Waals surface area contributed by atoms with Crippen LogP contribution in [0.1, 0.15) is 53.9 Å². The molecule has 2 fully saturated rings. The van der Waals surface area contributed by atoms with E-state index in [9.17, 15) is 19.2 Å². The number of ketones is 1. The number of hydrogen-bond acceptors (Lipinski definition) is 8. The third-order valence-corrected chi connectivity index (χ3v) is 6.35. The van der Waals surface area contributed by atoms with E-state index in [1.807, 2.05) is 6.92 Å². The quantitative estimate of drug-likeness (QED) is 0.209. The van der Waals surface area contributed by atoms with E-state index in [0.717, 1.165) is 5.57 Å². The SMILES string of the molecule is C=C1C(=O)OC2C1C(OC(C)=O)CC(C)=CCC(=O)C(C)=CCC(OC(C)=O)C1(C)OC21. The van der Waals surface area contributed by atoms with Gasteiger partial charge in [-0.3, -0.25) is 14.4 Å². The van der Waals surface area contributed by atoms with Gasteiger partial charge in [-0.2, -0.15) is 0 Å². The van der Waals surface area contributed by atoms with Crippen molar-refractivity contribution in [1.82, 2.24) is 0 Å². The molecule has 3 aliphatic rings. The number of ether oxygens (including phenoxy) is 4. The van der Waals surface area contributed by atoms with Crippen molar-refractivity contribution < 1.29 is 38.1 Å². The molecule has 174 valence electrons. The fraction of sp³-hybridized carbons (Fsp3) is 0.583. The van der Waals surface area contributed by atoms with Crippen LogP contribution in [-0.4, -0.2) is 53.7 Å². The van der Waals surface area contributed by atoms with Gasteiger partial charge in [0.15, 0.2) is 5.78 Å². The van der Waals surface area contributed by atoms with E-state index in [0.29, 0.717) is 12.0 Å². The Labute approximate surface area is 187 Å². The number of allylic oxidation sites excluding steroid dienone is 2. The van der Waals surface area contributed by atoms with Crippen LogP contribution in [0.3, 0.4) is 0 Å². The molecule has 2 heterocycles. The first kappa shape index (κ1) is 23.9. The smallest absolute Gasteiger partial charge is 0.334 e. The van der Waals surface area contributed by atoms with Crippen molar-refractivity contribution in [2.45, 2.75) is 83.9 Å². The van der Waals surface area contributed by atoms with Crippen LogP contribution in [0.5, 0.6) is 0 Å². The number of carbonyl (C=O) groups is 4. The minimum atomic E-state index is -0.935. The summed E-state index contributed by atoms with van der Waals surface area (Å²) < 4.78 is 22.7. The van der Waals surface area contributed by atoms with E-state index >= 15 is 0 Å². The lowest BCUT2D eigenvalue weighted by atomic mass is 9.82. The molecule has 2 saturated heterocycles. The standard InChI is InChI=1S/C24H30O8/c1-12-7-9-17(27)13(2)8-10-19(30-16(5)26)24(6)22(32-24)21-20(14(3)23(28)31-21)18(11-12)29-15(4)25/h7-8,18-22H,3,9-11H2,1-2,4-6H3. The Morgan fingerprint density at radius 1 is 1.12 bits per heavy atom. The summed E-state index contributed by atoms with van der Waals surface area (Å²) in [6, 6.07) is 0. The fourth-order valence-corrected chi connectivity index (χ4v) is 4.47. The van der Waals surface area contributed by atoms with E-state index < -0.39 is 53.8 Å². The Kier molecular flexibility index (Phi) is 6.74. The average Bonchev–Trinajstić information content (AvgIpc) is 3.30. The summed E-state index contributed by atoms with van der Waals surface area (Å²) in [6.07, 6.45) is 1.55. The molecule has 8 heteroatoms. The molecule has 0 bridgehead atoms. The van der Waals surface area contributed by atoms with Gasteiger partial charge in [0.05, 0.1) is 5.92 Å². The summed E-state index contributed by atoms with van der Waals surface area (Å²) in [6.45, 7) is 11.8. The maximum Gasteiger partial charge on any atom is 0.334 e. The number of carbonyl (C=O) groups excluding carboxylic acids is 4. The Morgan fingerprint density at radius 2 is 1.78 bits per heavy atom. The summed E-state index contributed by atoms with van der Waals surface area (Å²) >= 11 is 0. The van der Waals surface area contributed by atoms with Gasteiger partial charge in [0.25, 0.3) is 0 Å². The van der Waals surface area contributed by atoms with Crippen molar-refractivity contribution in [2.75, 3.05) is 0 Å². The average molecular weight is 446 g/mol. The van der Waals surface area contributed by atoms with Crippen molar-refractivity contribution in [2.24, 2.45) is 5.92 Å². The van der Waals surface area contributed by atoms with Crippen LogP contribution >= 0.6 is 0 Å². The van der Waals surface area contributed by atoms with Gasteiger partial charge in [-0.25, -0.2) is 4.79 Å². The third kappa shape index (κ3) is 4.85. The Morgan fingerprint density at radius 3 is 2.41 bits per heavy atom. The summed E-state index contributed by atoms with van der Waals surface area (Å²) in [5.41, 5.74) is 0.668. The van der Waals surface area contributed by atoms with Crippen LogP contribution < -0.4 is 0 Å². The molecule has 3 rings (SSSR count). The van der Waals surface area contributed by atoms with Gasteiger partial charge in [-0.1, -0.05) is 24.3 Å². The van der Waals surface area contributed by atoms with Crippen molar-refractivity contribution in [3.05, 3.63) is 35.5 Å². The molecular formula is C24H30O8. The normalized spacial score (nSPS) is 35.4. The number of rotatable bonds is 2. The van der Waals surface area contributed by atoms with Gasteiger partial charge in [0.2, 0.25) is 0 Å². The van der Waals surface area contributed by atoms with E-state index in [-0.39, 0.29) is 24.2 Å². The van der Waals surface area contributed by atoms with Gasteiger partial charge in [-0.15, -0.1) is 0 Å². The van der Waals surface area contributed by atoms with Crippen molar-refractivity contribution in [3.63, 3.8) is 0 Å². The molecule has 6 unspecified atom stereocenters. The van der Waals surface area contributed by atoms with Gasteiger partial charge < -0.3 is 18.9 Å². The molecule has 0 aromatic rings. The van der Waals surface area contributed by atoms with Gasteiger partial charge >= 0.3 is 17.9 Å². The molecule has 32 heavy (non-hydrogen) atoms. The predicted molar refractivity (Wildman–Crippen MR) is 113 cm³/mol. The molecule has 0 radical (unpaired) electrons. The molecule has 0 spiro atoms. The molecule has 6 atom stereocenters. The highest BCUT2D eigenvalue weighted by Gasteiger charge is 2.67. The molecule has 0 saturated carbocycles. The van der Waals surface area contributed by atoms with Crippen LogP contribution in [-0.2, 0) is 38.1 Å². The highest BCUT2D eigenvalue weighted by molar-refractivity contribution is 5.95. The molecule has 0 aromatic heterocycles. The monoisotopic (exact) mass is 446 g/mol. The van der Waals surface area contributed by atoms with E-state index in [2.05, 4.69) is 6.58 Å². The number of Topliss-reactive ketones (excluding diaryl/α,β-unsaturated/α-hetero) is 1. The summed E-state index contributed by atoms with van der Waals surface area (Å²) in [5.74, 6) is -2.25. The van der Waals surface area contributed by atoms with E-state index in [1.165, 1.54) is 13.8 Å². The molecule has 0 aromatic carbocycles. The summed E-state index contributed by atoms with van der Waals surface area (Å²) in [7, 11) is 0. The fourth-order valence-electron chi connectivity index (χ4n) is 4.47. The van der Waals surface area contributed by atoms with Gasteiger partial charge in [0, 0.05) is 38.7 Å². The van der Waals surface area contributed by atoms with Crippen LogP contribution in [0.4, 0.5) is 0 Å². The zero-order valence-electron chi connectivity index (χ0n) is 19.1.